The molecule has 0 unspecified atom stereocenters. The molecule has 0 aliphatic carbocycles. The number of hydrogen-bond acceptors (Lipinski definition) is 3. The first kappa shape index (κ1) is 13.3. The van der Waals surface area contributed by atoms with Crippen molar-refractivity contribution in [2.75, 3.05) is 11.9 Å². The van der Waals surface area contributed by atoms with Crippen LogP contribution in [0.2, 0.25) is 5.02 Å². The van der Waals surface area contributed by atoms with Crippen LogP contribution in [0.15, 0.2) is 42.7 Å². The van der Waals surface area contributed by atoms with Crippen LogP contribution in [0.25, 0.3) is 16.9 Å². The summed E-state index contributed by atoms with van der Waals surface area (Å²) in [6.45, 7) is 2.95. The van der Waals surface area contributed by atoms with Gasteiger partial charge in [0, 0.05) is 35.1 Å². The molecule has 0 spiro atoms. The Morgan fingerprint density at radius 3 is 2.95 bits per heavy atom. The fraction of sp³-hybridized carbons (Fsp3) is 0.176. The van der Waals surface area contributed by atoms with Crippen molar-refractivity contribution in [3.8, 4) is 16.9 Å². The molecule has 0 fully saturated rings. The van der Waals surface area contributed by atoms with E-state index in [-0.39, 0.29) is 0 Å². The van der Waals surface area contributed by atoms with Crippen LogP contribution in [0, 0.1) is 6.92 Å². The van der Waals surface area contributed by atoms with Gasteiger partial charge in [0.25, 0.3) is 0 Å². The molecule has 0 bridgehead atoms. The predicted octanol–water partition coefficient (Wildman–Crippen LogP) is 3.86. The summed E-state index contributed by atoms with van der Waals surface area (Å²) < 4.78 is 1.96. The Bertz CT molecular complexity index is 839. The van der Waals surface area contributed by atoms with Gasteiger partial charge >= 0.3 is 0 Å². The van der Waals surface area contributed by atoms with Crippen LogP contribution in [0.4, 0.5) is 5.82 Å². The summed E-state index contributed by atoms with van der Waals surface area (Å²) in [5.41, 5.74) is 5.31. The van der Waals surface area contributed by atoms with Crippen molar-refractivity contribution in [1.82, 2.24) is 14.8 Å². The lowest BCUT2D eigenvalue weighted by Gasteiger charge is -2.10. The molecule has 0 amide bonds. The van der Waals surface area contributed by atoms with Gasteiger partial charge in [0.15, 0.2) is 0 Å². The van der Waals surface area contributed by atoms with Gasteiger partial charge in [0.1, 0.15) is 5.82 Å². The number of anilines is 1. The van der Waals surface area contributed by atoms with E-state index in [1.54, 1.807) is 6.20 Å². The van der Waals surface area contributed by atoms with Crippen LogP contribution in [0.5, 0.6) is 0 Å². The van der Waals surface area contributed by atoms with E-state index in [1.165, 1.54) is 5.56 Å². The lowest BCUT2D eigenvalue weighted by molar-refractivity contribution is 0.875. The van der Waals surface area contributed by atoms with Gasteiger partial charge in [-0.2, -0.15) is 5.10 Å². The van der Waals surface area contributed by atoms with Gasteiger partial charge in [-0.05, 0) is 43.2 Å². The van der Waals surface area contributed by atoms with Gasteiger partial charge in [-0.3, -0.25) is 4.98 Å². The van der Waals surface area contributed by atoms with E-state index in [1.807, 2.05) is 48.1 Å². The van der Waals surface area contributed by atoms with Crippen LogP contribution in [-0.2, 0) is 6.42 Å². The minimum Gasteiger partial charge on any atom is -0.369 e. The van der Waals surface area contributed by atoms with E-state index in [4.69, 9.17) is 16.7 Å². The Morgan fingerprint density at radius 2 is 2.14 bits per heavy atom. The maximum atomic E-state index is 6.27. The predicted molar refractivity (Wildman–Crippen MR) is 88.7 cm³/mol. The summed E-state index contributed by atoms with van der Waals surface area (Å²) in [6, 6.07) is 9.88. The Labute approximate surface area is 133 Å². The number of halogens is 1. The topological polar surface area (TPSA) is 42.7 Å². The van der Waals surface area contributed by atoms with Gasteiger partial charge in [0.05, 0.1) is 11.4 Å². The van der Waals surface area contributed by atoms with E-state index >= 15 is 0 Å². The number of aromatic nitrogens is 3. The molecular formula is C17H15ClN4. The number of benzene rings is 1. The number of hydrogen-bond donors (Lipinski definition) is 1. The van der Waals surface area contributed by atoms with Crippen LogP contribution < -0.4 is 5.32 Å². The van der Waals surface area contributed by atoms with E-state index in [0.29, 0.717) is 0 Å². The van der Waals surface area contributed by atoms with Gasteiger partial charge < -0.3 is 5.32 Å². The van der Waals surface area contributed by atoms with Crippen molar-refractivity contribution in [3.63, 3.8) is 0 Å². The van der Waals surface area contributed by atoms with Crippen LogP contribution in [0.1, 0.15) is 11.1 Å². The molecule has 1 N–H and O–H groups in total. The molecule has 0 atom stereocenters. The smallest absolute Gasteiger partial charge is 0.133 e. The van der Waals surface area contributed by atoms with Crippen LogP contribution >= 0.6 is 11.6 Å². The van der Waals surface area contributed by atoms with E-state index in [0.717, 1.165) is 46.3 Å². The molecule has 0 radical (unpaired) electrons. The van der Waals surface area contributed by atoms with Gasteiger partial charge in [-0.1, -0.05) is 17.7 Å². The number of rotatable bonds is 2. The van der Waals surface area contributed by atoms with Gasteiger partial charge in [-0.25, -0.2) is 4.68 Å². The molecule has 0 saturated heterocycles. The monoisotopic (exact) mass is 310 g/mol. The molecule has 1 aliphatic heterocycles. The molecule has 0 saturated carbocycles. The molecule has 22 heavy (non-hydrogen) atoms. The molecule has 3 heterocycles. The fourth-order valence-electron chi connectivity index (χ4n) is 2.91. The van der Waals surface area contributed by atoms with Crippen molar-refractivity contribution in [3.05, 3.63) is 58.9 Å². The first-order chi connectivity index (χ1) is 10.8. The number of nitrogens with one attached hydrogen (secondary N) is 1. The van der Waals surface area contributed by atoms with Gasteiger partial charge in [0.2, 0.25) is 0 Å². The summed E-state index contributed by atoms with van der Waals surface area (Å²) in [7, 11) is 0. The Balaban J connectivity index is 1.94. The lowest BCUT2D eigenvalue weighted by atomic mass is 10.1. The minimum absolute atomic E-state index is 0.752. The second kappa shape index (κ2) is 5.14. The van der Waals surface area contributed by atoms with Crippen molar-refractivity contribution in [1.29, 1.82) is 0 Å². The van der Waals surface area contributed by atoms with Crippen molar-refractivity contribution < 1.29 is 0 Å². The molecule has 1 aliphatic rings. The minimum atomic E-state index is 0.752. The highest BCUT2D eigenvalue weighted by molar-refractivity contribution is 6.31. The van der Waals surface area contributed by atoms with E-state index < -0.39 is 0 Å². The standard InChI is InChI=1S/C17H15ClN4/c1-11-14(18)5-2-6-15(11)22-17-13(7-9-20-17)16(21-22)12-4-3-8-19-10-12/h2-6,8,10,20H,7,9H2,1H3. The highest BCUT2D eigenvalue weighted by Gasteiger charge is 2.24. The molecule has 110 valence electrons. The Kier molecular flexibility index (Phi) is 3.12. The van der Waals surface area contributed by atoms with Gasteiger partial charge in [-0.15, -0.1) is 0 Å². The van der Waals surface area contributed by atoms with Crippen molar-refractivity contribution >= 4 is 17.4 Å². The number of nitrogens with zero attached hydrogens (tertiary/aromatic N) is 3. The second-order valence-electron chi connectivity index (χ2n) is 5.39. The lowest BCUT2D eigenvalue weighted by Crippen LogP contribution is -2.05. The van der Waals surface area contributed by atoms with Crippen LogP contribution in [-0.4, -0.2) is 21.3 Å². The fourth-order valence-corrected chi connectivity index (χ4v) is 3.08. The first-order valence-electron chi connectivity index (χ1n) is 7.27. The average molecular weight is 311 g/mol. The molecular weight excluding hydrogens is 296 g/mol. The molecule has 2 aromatic heterocycles. The zero-order chi connectivity index (χ0) is 15.1. The first-order valence-corrected chi connectivity index (χ1v) is 7.65. The van der Waals surface area contributed by atoms with Crippen LogP contribution in [0.3, 0.4) is 0 Å². The largest absolute Gasteiger partial charge is 0.369 e. The maximum Gasteiger partial charge on any atom is 0.133 e. The summed E-state index contributed by atoms with van der Waals surface area (Å²) in [5, 5.41) is 9.02. The SMILES string of the molecule is Cc1c(Cl)cccc1-n1nc(-c2cccnc2)c2c1NCC2. The average Bonchev–Trinajstić information content (AvgIpc) is 3.13. The summed E-state index contributed by atoms with van der Waals surface area (Å²) in [6.07, 6.45) is 4.61. The summed E-state index contributed by atoms with van der Waals surface area (Å²) >= 11 is 6.27. The van der Waals surface area contributed by atoms with Crippen molar-refractivity contribution in [2.24, 2.45) is 0 Å². The normalized spacial score (nSPS) is 13.0. The maximum absolute atomic E-state index is 6.27. The Morgan fingerprint density at radius 1 is 1.23 bits per heavy atom. The molecule has 3 aromatic rings. The second-order valence-corrected chi connectivity index (χ2v) is 5.80. The number of pyridine rings is 1. The summed E-state index contributed by atoms with van der Waals surface area (Å²) in [5.74, 6) is 1.06. The molecule has 5 heteroatoms. The molecule has 4 nitrogen and oxygen atoms in total. The summed E-state index contributed by atoms with van der Waals surface area (Å²) in [4.78, 5) is 4.21. The zero-order valence-corrected chi connectivity index (χ0v) is 12.9. The molecule has 4 rings (SSSR count). The van der Waals surface area contributed by atoms with E-state index in [9.17, 15) is 0 Å². The highest BCUT2D eigenvalue weighted by atomic mass is 35.5. The van der Waals surface area contributed by atoms with Crippen molar-refractivity contribution in [2.45, 2.75) is 13.3 Å². The quantitative estimate of drug-likeness (QED) is 0.781. The third kappa shape index (κ3) is 1.99. The van der Waals surface area contributed by atoms with E-state index in [2.05, 4.69) is 10.3 Å². The Hall–Kier alpha value is -2.33. The highest BCUT2D eigenvalue weighted by Crippen LogP contribution is 2.35. The molecule has 1 aromatic carbocycles. The number of fused-ring (bicyclic) bond motifs is 1. The third-order valence-corrected chi connectivity index (χ3v) is 4.46. The third-order valence-electron chi connectivity index (χ3n) is 4.05. The zero-order valence-electron chi connectivity index (χ0n) is 12.2.